The van der Waals surface area contributed by atoms with Gasteiger partial charge in [-0.15, -0.1) is 0 Å². The second-order valence-corrected chi connectivity index (χ2v) is 6.42. The SMILES string of the molecule is COC(=O)c1ccc(-c2ccc(C(C)(C)C)cc2)cc1Cl. The summed E-state index contributed by atoms with van der Waals surface area (Å²) in [4.78, 5) is 11.5. The van der Waals surface area contributed by atoms with Crippen LogP contribution in [0.1, 0.15) is 36.7 Å². The van der Waals surface area contributed by atoms with E-state index in [-0.39, 0.29) is 5.41 Å². The van der Waals surface area contributed by atoms with Gasteiger partial charge in [0.1, 0.15) is 0 Å². The Morgan fingerprint density at radius 1 is 1.00 bits per heavy atom. The lowest BCUT2D eigenvalue weighted by Crippen LogP contribution is -2.10. The van der Waals surface area contributed by atoms with Crippen molar-refractivity contribution in [2.45, 2.75) is 26.2 Å². The predicted molar refractivity (Wildman–Crippen MR) is 86.9 cm³/mol. The summed E-state index contributed by atoms with van der Waals surface area (Å²) in [7, 11) is 1.35. The van der Waals surface area contributed by atoms with Gasteiger partial charge in [0, 0.05) is 0 Å². The van der Waals surface area contributed by atoms with Crippen molar-refractivity contribution < 1.29 is 9.53 Å². The van der Waals surface area contributed by atoms with Crippen molar-refractivity contribution in [3.63, 3.8) is 0 Å². The van der Waals surface area contributed by atoms with E-state index < -0.39 is 5.97 Å². The van der Waals surface area contributed by atoms with Crippen LogP contribution in [0.25, 0.3) is 11.1 Å². The lowest BCUT2D eigenvalue weighted by atomic mass is 9.86. The standard InChI is InChI=1S/C18H19ClO2/c1-18(2,3)14-8-5-12(6-9-14)13-7-10-15(16(19)11-13)17(20)21-4/h5-11H,1-4H3. The Kier molecular flexibility index (Phi) is 4.38. The van der Waals surface area contributed by atoms with Crippen LogP contribution in [0, 0.1) is 0 Å². The van der Waals surface area contributed by atoms with Crippen LogP contribution in [-0.2, 0) is 10.2 Å². The van der Waals surface area contributed by atoms with Gasteiger partial charge in [-0.2, -0.15) is 0 Å². The van der Waals surface area contributed by atoms with Gasteiger partial charge in [0.25, 0.3) is 0 Å². The molecule has 0 aliphatic heterocycles. The molecule has 0 atom stereocenters. The summed E-state index contributed by atoms with van der Waals surface area (Å²) in [5, 5.41) is 0.402. The highest BCUT2D eigenvalue weighted by Gasteiger charge is 2.14. The summed E-state index contributed by atoms with van der Waals surface area (Å²) in [6.45, 7) is 6.55. The fourth-order valence-corrected chi connectivity index (χ4v) is 2.39. The monoisotopic (exact) mass is 302 g/mol. The van der Waals surface area contributed by atoms with Crippen LogP contribution >= 0.6 is 11.6 Å². The van der Waals surface area contributed by atoms with E-state index in [1.807, 2.05) is 6.07 Å². The quantitative estimate of drug-likeness (QED) is 0.722. The van der Waals surface area contributed by atoms with Crippen LogP contribution in [0.4, 0.5) is 0 Å². The van der Waals surface area contributed by atoms with Crippen molar-refractivity contribution in [3.8, 4) is 11.1 Å². The zero-order valence-electron chi connectivity index (χ0n) is 12.7. The third-order valence-electron chi connectivity index (χ3n) is 3.46. The van der Waals surface area contributed by atoms with Gasteiger partial charge in [0.15, 0.2) is 0 Å². The lowest BCUT2D eigenvalue weighted by molar-refractivity contribution is 0.0601. The number of halogens is 1. The summed E-state index contributed by atoms with van der Waals surface area (Å²) < 4.78 is 4.69. The largest absolute Gasteiger partial charge is 0.465 e. The highest BCUT2D eigenvalue weighted by Crippen LogP contribution is 2.29. The molecule has 110 valence electrons. The number of methoxy groups -OCH3 is 1. The van der Waals surface area contributed by atoms with Gasteiger partial charge in [-0.1, -0.05) is 62.7 Å². The molecule has 21 heavy (non-hydrogen) atoms. The van der Waals surface area contributed by atoms with Crippen molar-refractivity contribution in [2.24, 2.45) is 0 Å². The second kappa shape index (κ2) is 5.90. The van der Waals surface area contributed by atoms with Crippen LogP contribution in [0.3, 0.4) is 0 Å². The molecule has 2 aromatic rings. The Balaban J connectivity index is 2.35. The molecule has 0 unspecified atom stereocenters. The normalized spacial score (nSPS) is 11.3. The summed E-state index contributed by atoms with van der Waals surface area (Å²) in [6, 6.07) is 13.8. The molecule has 0 heterocycles. The third kappa shape index (κ3) is 3.45. The number of carbonyl (C=O) groups is 1. The molecule has 2 rings (SSSR count). The first-order valence-corrected chi connectivity index (χ1v) is 7.19. The molecule has 0 saturated carbocycles. The number of hydrogen-bond acceptors (Lipinski definition) is 2. The average molecular weight is 303 g/mol. The zero-order chi connectivity index (χ0) is 15.6. The van der Waals surface area contributed by atoms with Gasteiger partial charge in [-0.05, 0) is 34.2 Å². The van der Waals surface area contributed by atoms with Crippen LogP contribution in [0.5, 0.6) is 0 Å². The van der Waals surface area contributed by atoms with Crippen LogP contribution in [-0.4, -0.2) is 13.1 Å². The van der Waals surface area contributed by atoms with E-state index in [0.717, 1.165) is 11.1 Å². The van der Waals surface area contributed by atoms with E-state index in [0.29, 0.717) is 10.6 Å². The van der Waals surface area contributed by atoms with E-state index in [2.05, 4.69) is 45.0 Å². The maximum Gasteiger partial charge on any atom is 0.339 e. The Labute approximate surface area is 130 Å². The maximum atomic E-state index is 11.5. The number of carbonyl (C=O) groups excluding carboxylic acids is 1. The fraction of sp³-hybridized carbons (Fsp3) is 0.278. The van der Waals surface area contributed by atoms with Gasteiger partial charge in [0.2, 0.25) is 0 Å². The second-order valence-electron chi connectivity index (χ2n) is 6.01. The van der Waals surface area contributed by atoms with Gasteiger partial charge in [-0.3, -0.25) is 0 Å². The van der Waals surface area contributed by atoms with E-state index >= 15 is 0 Å². The van der Waals surface area contributed by atoms with Crippen molar-refractivity contribution in [1.29, 1.82) is 0 Å². The molecule has 0 aliphatic rings. The Morgan fingerprint density at radius 3 is 2.05 bits per heavy atom. The van der Waals surface area contributed by atoms with Crippen LogP contribution in [0.2, 0.25) is 5.02 Å². The van der Waals surface area contributed by atoms with E-state index in [4.69, 9.17) is 16.3 Å². The molecule has 2 nitrogen and oxygen atoms in total. The van der Waals surface area contributed by atoms with E-state index in [1.54, 1.807) is 12.1 Å². The van der Waals surface area contributed by atoms with E-state index in [1.165, 1.54) is 12.7 Å². The summed E-state index contributed by atoms with van der Waals surface area (Å²) >= 11 is 6.16. The third-order valence-corrected chi connectivity index (χ3v) is 3.77. The van der Waals surface area contributed by atoms with Gasteiger partial charge in [0.05, 0.1) is 17.7 Å². The number of esters is 1. The summed E-state index contributed by atoms with van der Waals surface area (Å²) in [5.74, 6) is -0.422. The predicted octanol–water partition coefficient (Wildman–Crippen LogP) is 5.09. The van der Waals surface area contributed by atoms with Crippen LogP contribution in [0.15, 0.2) is 42.5 Å². The molecule has 0 aliphatic carbocycles. The molecule has 0 N–H and O–H groups in total. The minimum absolute atomic E-state index is 0.130. The minimum atomic E-state index is -0.422. The highest BCUT2D eigenvalue weighted by atomic mass is 35.5. The molecule has 3 heteroatoms. The Bertz CT molecular complexity index is 652. The lowest BCUT2D eigenvalue weighted by Gasteiger charge is -2.19. The molecule has 2 aromatic carbocycles. The topological polar surface area (TPSA) is 26.3 Å². The van der Waals surface area contributed by atoms with Gasteiger partial charge in [-0.25, -0.2) is 4.79 Å². The highest BCUT2D eigenvalue weighted by molar-refractivity contribution is 6.33. The van der Waals surface area contributed by atoms with Crippen molar-refractivity contribution >= 4 is 17.6 Å². The molecule has 0 fully saturated rings. The number of hydrogen-bond donors (Lipinski definition) is 0. The first-order chi connectivity index (χ1) is 9.82. The Hall–Kier alpha value is -1.80. The van der Waals surface area contributed by atoms with Crippen molar-refractivity contribution in [3.05, 3.63) is 58.6 Å². The van der Waals surface area contributed by atoms with Gasteiger partial charge < -0.3 is 4.74 Å². The molecular formula is C18H19ClO2. The van der Waals surface area contributed by atoms with E-state index in [9.17, 15) is 4.79 Å². The molecular weight excluding hydrogens is 284 g/mol. The average Bonchev–Trinajstić information content (AvgIpc) is 2.45. The number of benzene rings is 2. The van der Waals surface area contributed by atoms with Crippen molar-refractivity contribution in [1.82, 2.24) is 0 Å². The van der Waals surface area contributed by atoms with Gasteiger partial charge >= 0.3 is 5.97 Å². The number of ether oxygens (including phenoxy) is 1. The molecule has 0 amide bonds. The summed E-state index contributed by atoms with van der Waals surface area (Å²) in [5.41, 5.74) is 3.84. The molecule has 0 saturated heterocycles. The molecule has 0 aromatic heterocycles. The summed E-state index contributed by atoms with van der Waals surface area (Å²) in [6.07, 6.45) is 0. The molecule has 0 bridgehead atoms. The molecule has 0 spiro atoms. The smallest absolute Gasteiger partial charge is 0.339 e. The maximum absolute atomic E-state index is 11.5. The first kappa shape index (κ1) is 15.6. The number of rotatable bonds is 2. The zero-order valence-corrected chi connectivity index (χ0v) is 13.5. The first-order valence-electron chi connectivity index (χ1n) is 6.81. The molecule has 0 radical (unpaired) electrons. The minimum Gasteiger partial charge on any atom is -0.465 e. The fourth-order valence-electron chi connectivity index (χ4n) is 2.13. The van der Waals surface area contributed by atoms with Crippen LogP contribution < -0.4 is 0 Å². The Morgan fingerprint density at radius 2 is 1.57 bits per heavy atom. The van der Waals surface area contributed by atoms with Crippen molar-refractivity contribution in [2.75, 3.05) is 7.11 Å².